The first-order valence-electron chi connectivity index (χ1n) is 7.55. The van der Waals surface area contributed by atoms with Crippen molar-refractivity contribution in [3.8, 4) is 0 Å². The number of halogens is 1. The molecule has 2 aromatic rings. The van der Waals surface area contributed by atoms with Gasteiger partial charge in [0.15, 0.2) is 5.16 Å². The molecule has 1 aromatic heterocycles. The average Bonchev–Trinajstić information content (AvgIpc) is 3.29. The number of hydrogen-bond donors (Lipinski definition) is 0. The summed E-state index contributed by atoms with van der Waals surface area (Å²) in [5.41, 5.74) is 0.778. The molecule has 1 aliphatic carbocycles. The highest BCUT2D eigenvalue weighted by atomic mass is 32.2. The molecule has 23 heavy (non-hydrogen) atoms. The van der Waals surface area contributed by atoms with Crippen LogP contribution in [0, 0.1) is 5.82 Å². The van der Waals surface area contributed by atoms with Crippen LogP contribution >= 0.6 is 11.8 Å². The molecule has 0 unspecified atom stereocenters. The van der Waals surface area contributed by atoms with Crippen molar-refractivity contribution in [1.82, 2.24) is 19.7 Å². The molecular weight excluding hydrogens is 315 g/mol. The number of carbonyl (C=O) groups is 1. The van der Waals surface area contributed by atoms with E-state index in [0.717, 1.165) is 16.5 Å². The van der Waals surface area contributed by atoms with Gasteiger partial charge in [-0.3, -0.25) is 4.79 Å². The highest BCUT2D eigenvalue weighted by Gasteiger charge is 2.29. The Morgan fingerprint density at radius 2 is 2.22 bits per heavy atom. The van der Waals surface area contributed by atoms with Gasteiger partial charge in [-0.2, -0.15) is 0 Å². The average molecular weight is 334 g/mol. The number of thioether (sulfide) groups is 1. The fraction of sp³-hybridized carbons (Fsp3) is 0.438. The molecule has 0 aliphatic heterocycles. The van der Waals surface area contributed by atoms with Gasteiger partial charge in [0.25, 0.3) is 0 Å². The van der Waals surface area contributed by atoms with Crippen molar-refractivity contribution in [3.63, 3.8) is 0 Å². The van der Waals surface area contributed by atoms with E-state index in [2.05, 4.69) is 10.2 Å². The predicted octanol–water partition coefficient (Wildman–Crippen LogP) is 2.58. The minimum atomic E-state index is -0.288. The Bertz CT molecular complexity index is 714. The van der Waals surface area contributed by atoms with Crippen LogP contribution in [-0.4, -0.2) is 38.4 Å². The number of rotatable bonds is 6. The first-order chi connectivity index (χ1) is 11.0. The van der Waals surface area contributed by atoms with Crippen LogP contribution in [0.3, 0.4) is 0 Å². The monoisotopic (exact) mass is 334 g/mol. The van der Waals surface area contributed by atoms with Gasteiger partial charge >= 0.3 is 0 Å². The second-order valence-electron chi connectivity index (χ2n) is 5.84. The van der Waals surface area contributed by atoms with E-state index in [-0.39, 0.29) is 11.7 Å². The van der Waals surface area contributed by atoms with Crippen molar-refractivity contribution in [2.45, 2.75) is 30.5 Å². The summed E-state index contributed by atoms with van der Waals surface area (Å²) >= 11 is 1.39. The third-order valence-corrected chi connectivity index (χ3v) is 4.88. The third-order valence-electron chi connectivity index (χ3n) is 3.87. The Morgan fingerprint density at radius 3 is 2.91 bits per heavy atom. The van der Waals surface area contributed by atoms with Crippen LogP contribution < -0.4 is 0 Å². The summed E-state index contributed by atoms with van der Waals surface area (Å²) in [6.07, 6.45) is 2.35. The maximum Gasteiger partial charge on any atom is 0.233 e. The summed E-state index contributed by atoms with van der Waals surface area (Å²) in [7, 11) is 3.66. The number of nitrogens with zero attached hydrogens (tertiary/aromatic N) is 4. The molecule has 1 saturated carbocycles. The van der Waals surface area contributed by atoms with Gasteiger partial charge in [-0.15, -0.1) is 10.2 Å². The summed E-state index contributed by atoms with van der Waals surface area (Å²) in [4.78, 5) is 13.8. The lowest BCUT2D eigenvalue weighted by Crippen LogP contribution is -2.27. The van der Waals surface area contributed by atoms with E-state index in [1.54, 1.807) is 18.0 Å². The topological polar surface area (TPSA) is 51.0 Å². The van der Waals surface area contributed by atoms with Gasteiger partial charge in [-0.1, -0.05) is 23.9 Å². The molecule has 0 radical (unpaired) electrons. The van der Waals surface area contributed by atoms with E-state index < -0.39 is 0 Å². The van der Waals surface area contributed by atoms with Gasteiger partial charge < -0.3 is 9.47 Å². The molecule has 0 N–H and O–H groups in total. The largest absolute Gasteiger partial charge is 0.341 e. The lowest BCUT2D eigenvalue weighted by Gasteiger charge is -2.17. The van der Waals surface area contributed by atoms with Crippen molar-refractivity contribution >= 4 is 17.7 Å². The predicted molar refractivity (Wildman–Crippen MR) is 86.6 cm³/mol. The zero-order chi connectivity index (χ0) is 16.4. The van der Waals surface area contributed by atoms with Crippen LogP contribution in [0.15, 0.2) is 29.4 Å². The van der Waals surface area contributed by atoms with E-state index in [1.807, 2.05) is 17.7 Å². The Kier molecular flexibility index (Phi) is 4.66. The summed E-state index contributed by atoms with van der Waals surface area (Å²) in [5, 5.41) is 9.13. The number of hydrogen-bond acceptors (Lipinski definition) is 4. The molecule has 0 bridgehead atoms. The Hall–Kier alpha value is -1.89. The van der Waals surface area contributed by atoms with Crippen molar-refractivity contribution in [1.29, 1.82) is 0 Å². The maximum absolute atomic E-state index is 13.2. The number of amides is 1. The van der Waals surface area contributed by atoms with E-state index in [0.29, 0.717) is 18.2 Å². The summed E-state index contributed by atoms with van der Waals surface area (Å²) in [6, 6.07) is 6.30. The maximum atomic E-state index is 13.2. The van der Waals surface area contributed by atoms with Crippen molar-refractivity contribution in [3.05, 3.63) is 41.5 Å². The van der Waals surface area contributed by atoms with Crippen LogP contribution in [0.2, 0.25) is 0 Å². The molecule has 1 fully saturated rings. The summed E-state index contributed by atoms with van der Waals surface area (Å²) in [6.45, 7) is 0.392. The molecule has 5 nitrogen and oxygen atoms in total. The molecule has 122 valence electrons. The lowest BCUT2D eigenvalue weighted by atomic mass is 10.2. The molecular formula is C16H19FN4OS. The minimum absolute atomic E-state index is 0.0183. The quantitative estimate of drug-likeness (QED) is 0.762. The van der Waals surface area contributed by atoms with E-state index >= 15 is 0 Å². The van der Waals surface area contributed by atoms with E-state index in [4.69, 9.17) is 0 Å². The van der Waals surface area contributed by atoms with Gasteiger partial charge in [-0.05, 0) is 30.5 Å². The van der Waals surface area contributed by atoms with E-state index in [1.165, 1.54) is 36.7 Å². The first kappa shape index (κ1) is 16.0. The van der Waals surface area contributed by atoms with Crippen molar-refractivity contribution < 1.29 is 9.18 Å². The SMILES string of the molecule is CN(Cc1cccc(F)c1)C(=O)CSc1nnc(C2CC2)n1C. The second-order valence-corrected chi connectivity index (χ2v) is 6.78. The van der Waals surface area contributed by atoms with Gasteiger partial charge in [-0.25, -0.2) is 4.39 Å². The van der Waals surface area contributed by atoms with Crippen LogP contribution in [0.4, 0.5) is 4.39 Å². The van der Waals surface area contributed by atoms with Gasteiger partial charge in [0.05, 0.1) is 5.75 Å². The summed E-state index contributed by atoms with van der Waals surface area (Å²) in [5.74, 6) is 1.53. The molecule has 1 aromatic carbocycles. The third kappa shape index (κ3) is 3.90. The molecule has 3 rings (SSSR count). The number of aromatic nitrogens is 3. The number of carbonyl (C=O) groups excluding carboxylic acids is 1. The smallest absolute Gasteiger partial charge is 0.233 e. The molecule has 0 atom stereocenters. The van der Waals surface area contributed by atoms with Gasteiger partial charge in [0.1, 0.15) is 11.6 Å². The summed E-state index contributed by atoms with van der Waals surface area (Å²) < 4.78 is 15.2. The fourth-order valence-corrected chi connectivity index (χ4v) is 3.24. The first-order valence-corrected chi connectivity index (χ1v) is 8.53. The Morgan fingerprint density at radius 1 is 1.43 bits per heavy atom. The van der Waals surface area contributed by atoms with Crippen molar-refractivity contribution in [2.24, 2.45) is 7.05 Å². The lowest BCUT2D eigenvalue weighted by molar-refractivity contribution is -0.127. The highest BCUT2D eigenvalue weighted by molar-refractivity contribution is 7.99. The molecule has 0 saturated heterocycles. The van der Waals surface area contributed by atoms with Crippen molar-refractivity contribution in [2.75, 3.05) is 12.8 Å². The zero-order valence-electron chi connectivity index (χ0n) is 13.2. The molecule has 1 heterocycles. The molecule has 0 spiro atoms. The standard InChI is InChI=1S/C16H19FN4OS/c1-20(9-11-4-3-5-13(17)8-11)14(22)10-23-16-19-18-15(21(16)2)12-6-7-12/h3-5,8,12H,6-7,9-10H2,1-2H3. The van der Waals surface area contributed by atoms with Gasteiger partial charge in [0.2, 0.25) is 5.91 Å². The molecule has 7 heteroatoms. The van der Waals surface area contributed by atoms with Crippen LogP contribution in [-0.2, 0) is 18.4 Å². The molecule has 1 amide bonds. The Balaban J connectivity index is 1.54. The zero-order valence-corrected chi connectivity index (χ0v) is 14.0. The minimum Gasteiger partial charge on any atom is -0.341 e. The Labute approximate surface area is 138 Å². The normalized spacial score (nSPS) is 14.0. The fourth-order valence-electron chi connectivity index (χ4n) is 2.38. The van der Waals surface area contributed by atoms with Crippen LogP contribution in [0.1, 0.15) is 30.1 Å². The van der Waals surface area contributed by atoms with Crippen LogP contribution in [0.5, 0.6) is 0 Å². The highest BCUT2D eigenvalue weighted by Crippen LogP contribution is 2.39. The van der Waals surface area contributed by atoms with Gasteiger partial charge in [0, 0.05) is 26.6 Å². The number of benzene rings is 1. The van der Waals surface area contributed by atoms with E-state index in [9.17, 15) is 9.18 Å². The molecule has 1 aliphatic rings. The van der Waals surface area contributed by atoms with Crippen LogP contribution in [0.25, 0.3) is 0 Å². The second kappa shape index (κ2) is 6.70.